The van der Waals surface area contributed by atoms with Crippen LogP contribution in [-0.4, -0.2) is 81.7 Å². The summed E-state index contributed by atoms with van der Waals surface area (Å²) in [5.41, 5.74) is 1.14. The third-order valence-corrected chi connectivity index (χ3v) is 7.75. The highest BCUT2D eigenvalue weighted by Gasteiger charge is 2.33. The first-order valence-electron chi connectivity index (χ1n) is 12.0. The Morgan fingerprint density at radius 1 is 1.08 bits per heavy atom. The van der Waals surface area contributed by atoms with Crippen molar-refractivity contribution in [1.82, 2.24) is 9.79 Å². The van der Waals surface area contributed by atoms with Gasteiger partial charge in [-0.15, -0.1) is 0 Å². The summed E-state index contributed by atoms with van der Waals surface area (Å²) in [6.07, 6.45) is -1.73. The lowest BCUT2D eigenvalue weighted by molar-refractivity contribution is -0.121. The fourth-order valence-corrected chi connectivity index (χ4v) is 5.48. The van der Waals surface area contributed by atoms with Crippen LogP contribution in [0.5, 0.6) is 0 Å². The summed E-state index contributed by atoms with van der Waals surface area (Å²) in [4.78, 5) is 31.0. The highest BCUT2D eigenvalue weighted by Crippen LogP contribution is 2.30. The van der Waals surface area contributed by atoms with Crippen LogP contribution in [0, 0.1) is 5.82 Å². The number of rotatable bonds is 7. The van der Waals surface area contributed by atoms with E-state index >= 15 is 4.39 Å². The molecule has 0 spiro atoms. The fraction of sp³-hybridized carbons (Fsp3) is 0.417. The van der Waals surface area contributed by atoms with Gasteiger partial charge < -0.3 is 30.3 Å². The number of anilines is 3. The molecule has 0 aliphatic carbocycles. The first kappa shape index (κ1) is 27.7. The van der Waals surface area contributed by atoms with Crippen molar-refractivity contribution in [3.8, 4) is 0 Å². The summed E-state index contributed by atoms with van der Waals surface area (Å²) in [5.74, 6) is -1.04. The van der Waals surface area contributed by atoms with E-state index in [-0.39, 0.29) is 61.7 Å². The molecule has 2 aromatic carbocycles. The number of hydroxylamine groups is 1. The van der Waals surface area contributed by atoms with Crippen molar-refractivity contribution in [1.29, 1.82) is 0 Å². The van der Waals surface area contributed by atoms with Crippen LogP contribution in [0.25, 0.3) is 0 Å². The molecule has 12 nitrogen and oxygen atoms in total. The fourth-order valence-electron chi connectivity index (χ4n) is 4.23. The Bertz CT molecular complexity index is 1280. The van der Waals surface area contributed by atoms with Crippen molar-refractivity contribution in [3.05, 3.63) is 48.3 Å². The average Bonchev–Trinajstić information content (AvgIpc) is 3.06. The Hall–Kier alpha value is -3.30. The van der Waals surface area contributed by atoms with Crippen molar-refractivity contribution in [3.63, 3.8) is 0 Å². The summed E-state index contributed by atoms with van der Waals surface area (Å²) in [7, 11) is -3.98. The molecule has 2 aliphatic heterocycles. The second-order valence-corrected chi connectivity index (χ2v) is 10.7. The SMILES string of the molecule is CC(=O)NC[C@H]1CN(c2ccc(N3CCON(S(=O)(=O)c4ccc(NC(C)=O)cc4)CC3)c(F)c2)C(O)O1. The number of halogens is 1. The van der Waals surface area contributed by atoms with E-state index in [9.17, 15) is 23.1 Å². The van der Waals surface area contributed by atoms with Crippen molar-refractivity contribution in [2.75, 3.05) is 54.4 Å². The zero-order valence-corrected chi connectivity index (χ0v) is 21.8. The zero-order chi connectivity index (χ0) is 27.4. The zero-order valence-electron chi connectivity index (χ0n) is 21.0. The van der Waals surface area contributed by atoms with Gasteiger partial charge in [-0.1, -0.05) is 4.47 Å². The van der Waals surface area contributed by atoms with E-state index in [4.69, 9.17) is 9.57 Å². The second-order valence-electron chi connectivity index (χ2n) is 8.87. The number of hydrogen-bond acceptors (Lipinski definition) is 9. The van der Waals surface area contributed by atoms with Gasteiger partial charge in [0.25, 0.3) is 10.0 Å². The number of ether oxygens (including phenoxy) is 1. The van der Waals surface area contributed by atoms with E-state index in [0.717, 1.165) is 4.47 Å². The quantitative estimate of drug-likeness (QED) is 0.457. The maximum atomic E-state index is 15.2. The molecule has 2 fully saturated rings. The van der Waals surface area contributed by atoms with Crippen LogP contribution in [-0.2, 0) is 29.2 Å². The third kappa shape index (κ3) is 6.39. The van der Waals surface area contributed by atoms with Gasteiger partial charge in [0.2, 0.25) is 18.2 Å². The summed E-state index contributed by atoms with van der Waals surface area (Å²) in [6.45, 7) is 3.60. The average molecular weight is 552 g/mol. The summed E-state index contributed by atoms with van der Waals surface area (Å²) in [5, 5.41) is 15.4. The molecule has 2 aromatic rings. The van der Waals surface area contributed by atoms with Crippen LogP contribution in [0.3, 0.4) is 0 Å². The van der Waals surface area contributed by atoms with Gasteiger partial charge in [0.1, 0.15) is 5.82 Å². The van der Waals surface area contributed by atoms with Gasteiger partial charge in [-0.2, -0.15) is 0 Å². The van der Waals surface area contributed by atoms with Gasteiger partial charge in [-0.05, 0) is 42.5 Å². The summed E-state index contributed by atoms with van der Waals surface area (Å²) >= 11 is 0. The molecular formula is C24H30FN5O7S. The number of nitrogens with one attached hydrogen (secondary N) is 2. The molecule has 0 bridgehead atoms. The van der Waals surface area contributed by atoms with Gasteiger partial charge in [0, 0.05) is 44.9 Å². The van der Waals surface area contributed by atoms with Crippen LogP contribution in [0.2, 0.25) is 0 Å². The summed E-state index contributed by atoms with van der Waals surface area (Å²) in [6, 6.07) is 10.2. The first-order chi connectivity index (χ1) is 18.0. The van der Waals surface area contributed by atoms with Crippen molar-refractivity contribution in [2.24, 2.45) is 0 Å². The Labute approximate surface area is 219 Å². The van der Waals surface area contributed by atoms with Gasteiger partial charge in [-0.25, -0.2) is 12.8 Å². The van der Waals surface area contributed by atoms with E-state index in [0.29, 0.717) is 11.4 Å². The van der Waals surface area contributed by atoms with Crippen molar-refractivity contribution >= 4 is 38.9 Å². The third-order valence-electron chi connectivity index (χ3n) is 6.05. The molecule has 14 heteroatoms. The van der Waals surface area contributed by atoms with Crippen molar-refractivity contribution < 1.29 is 37.1 Å². The minimum atomic E-state index is -3.98. The number of hydrogen-bond donors (Lipinski definition) is 3. The molecule has 0 saturated carbocycles. The number of amides is 2. The molecule has 2 atom stereocenters. The predicted molar refractivity (Wildman–Crippen MR) is 136 cm³/mol. The van der Waals surface area contributed by atoms with Gasteiger partial charge in [0.05, 0.1) is 36.4 Å². The molecule has 0 radical (unpaired) electrons. The van der Waals surface area contributed by atoms with E-state index < -0.39 is 28.4 Å². The molecule has 0 aromatic heterocycles. The highest BCUT2D eigenvalue weighted by atomic mass is 32.2. The van der Waals surface area contributed by atoms with Crippen LogP contribution >= 0.6 is 0 Å². The van der Waals surface area contributed by atoms with Crippen LogP contribution in [0.1, 0.15) is 13.8 Å². The Balaban J connectivity index is 1.41. The molecule has 1 unspecified atom stereocenters. The standard InChI is InChI=1S/C24H30FN5O7S/c1-16(31)26-14-20-15-29(24(33)37-20)19-5-8-23(22(25)13-19)28-9-10-30(36-12-11-28)38(34,35)21-6-3-18(4-7-21)27-17(2)32/h3-8,13,20,24,33H,9-12,14-15H2,1-2H3,(H,26,31)(H,27,32)/t20-,24?/m0/s1. The molecule has 2 saturated heterocycles. The van der Waals surface area contributed by atoms with Crippen LogP contribution < -0.4 is 20.4 Å². The predicted octanol–water partition coefficient (Wildman–Crippen LogP) is 0.844. The smallest absolute Gasteiger partial charge is 0.265 e. The maximum Gasteiger partial charge on any atom is 0.265 e. The van der Waals surface area contributed by atoms with Crippen molar-refractivity contribution in [2.45, 2.75) is 31.3 Å². The molecular weight excluding hydrogens is 521 g/mol. The number of benzene rings is 2. The molecule has 2 aliphatic rings. The lowest BCUT2D eigenvalue weighted by Crippen LogP contribution is -2.35. The first-order valence-corrected chi connectivity index (χ1v) is 13.4. The number of aliphatic hydroxyl groups is 1. The molecule has 3 N–H and O–H groups in total. The Morgan fingerprint density at radius 2 is 1.82 bits per heavy atom. The monoisotopic (exact) mass is 551 g/mol. The number of carbonyl (C=O) groups is 2. The minimum Gasteiger partial charge on any atom is -0.365 e. The van der Waals surface area contributed by atoms with E-state index in [2.05, 4.69) is 10.6 Å². The number of nitrogens with zero attached hydrogens (tertiary/aromatic N) is 3. The maximum absolute atomic E-state index is 15.2. The molecule has 206 valence electrons. The summed E-state index contributed by atoms with van der Waals surface area (Å²) < 4.78 is 47.6. The van der Waals surface area contributed by atoms with Gasteiger partial charge >= 0.3 is 0 Å². The highest BCUT2D eigenvalue weighted by molar-refractivity contribution is 7.89. The number of carbonyl (C=O) groups excluding carboxylic acids is 2. The lowest BCUT2D eigenvalue weighted by atomic mass is 10.2. The second kappa shape index (κ2) is 11.6. The Morgan fingerprint density at radius 3 is 2.47 bits per heavy atom. The minimum absolute atomic E-state index is 0.00113. The van der Waals surface area contributed by atoms with E-state index in [1.165, 1.54) is 49.1 Å². The van der Waals surface area contributed by atoms with E-state index in [1.807, 2.05) is 0 Å². The molecule has 38 heavy (non-hydrogen) atoms. The van der Waals surface area contributed by atoms with E-state index in [1.54, 1.807) is 17.0 Å². The molecule has 2 heterocycles. The number of aliphatic hydroxyl groups excluding tert-OH is 1. The van der Waals surface area contributed by atoms with Crippen LogP contribution in [0.4, 0.5) is 21.5 Å². The Kier molecular flexibility index (Phi) is 8.47. The largest absolute Gasteiger partial charge is 0.365 e. The topological polar surface area (TPSA) is 141 Å². The number of sulfonamides is 1. The van der Waals surface area contributed by atoms with Gasteiger partial charge in [-0.3, -0.25) is 14.4 Å². The van der Waals surface area contributed by atoms with Crippen LogP contribution in [0.15, 0.2) is 47.4 Å². The molecule has 4 rings (SSSR count). The lowest BCUT2D eigenvalue weighted by Gasteiger charge is -2.25. The molecule has 2 amide bonds. The normalized spacial score (nSPS) is 20.7. The van der Waals surface area contributed by atoms with Gasteiger partial charge in [0.15, 0.2) is 0 Å².